The van der Waals surface area contributed by atoms with Crippen molar-refractivity contribution >= 4 is 0 Å². The molecule has 1 N–H and O–H groups in total. The van der Waals surface area contributed by atoms with Crippen LogP contribution in [0.15, 0.2) is 28.8 Å². The first-order chi connectivity index (χ1) is 9.29. The van der Waals surface area contributed by atoms with E-state index in [0.717, 1.165) is 25.1 Å². The highest BCUT2D eigenvalue weighted by Crippen LogP contribution is 2.33. The predicted molar refractivity (Wildman–Crippen MR) is 68.4 cm³/mol. The van der Waals surface area contributed by atoms with Gasteiger partial charge < -0.3 is 14.6 Å². The van der Waals surface area contributed by atoms with E-state index in [2.05, 4.69) is 10.5 Å². The molecule has 19 heavy (non-hydrogen) atoms. The Hall–Kier alpha value is -1.88. The van der Waals surface area contributed by atoms with Gasteiger partial charge >= 0.3 is 0 Å². The van der Waals surface area contributed by atoms with Gasteiger partial charge in [-0.15, -0.1) is 0 Å². The van der Waals surface area contributed by atoms with Crippen molar-refractivity contribution < 1.29 is 13.7 Å². The number of para-hydroxylation sites is 1. The van der Waals surface area contributed by atoms with Crippen LogP contribution in [0.4, 0.5) is 4.39 Å². The topological polar surface area (TPSA) is 47.3 Å². The quantitative estimate of drug-likeness (QED) is 0.924. The molecule has 0 saturated carbocycles. The summed E-state index contributed by atoms with van der Waals surface area (Å²) in [5.41, 5.74) is 1.20. The number of hydrogen-bond donors (Lipinski definition) is 1. The van der Waals surface area contributed by atoms with Crippen molar-refractivity contribution in [1.29, 1.82) is 0 Å². The van der Waals surface area contributed by atoms with Gasteiger partial charge in [-0.3, -0.25) is 0 Å². The van der Waals surface area contributed by atoms with Crippen molar-refractivity contribution in [3.05, 3.63) is 35.8 Å². The third-order valence-electron chi connectivity index (χ3n) is 3.38. The Morgan fingerprint density at radius 2 is 2.37 bits per heavy atom. The molecular weight excluding hydrogens is 247 g/mol. The van der Waals surface area contributed by atoms with Crippen molar-refractivity contribution in [3.63, 3.8) is 0 Å². The second kappa shape index (κ2) is 5.01. The Bertz CT molecular complexity index is 577. The molecule has 0 bridgehead atoms. The largest absolute Gasteiger partial charge is 0.493 e. The van der Waals surface area contributed by atoms with Crippen molar-refractivity contribution in [2.24, 2.45) is 0 Å². The van der Waals surface area contributed by atoms with Crippen LogP contribution in [0.1, 0.15) is 24.6 Å². The predicted octanol–water partition coefficient (Wildman–Crippen LogP) is 2.91. The van der Waals surface area contributed by atoms with Gasteiger partial charge in [0.05, 0.1) is 13.2 Å². The zero-order valence-corrected chi connectivity index (χ0v) is 10.6. The molecule has 0 radical (unpaired) electrons. The van der Waals surface area contributed by atoms with Gasteiger partial charge in [0.15, 0.2) is 17.3 Å². The summed E-state index contributed by atoms with van der Waals surface area (Å²) in [7, 11) is 1.45. The molecule has 1 fully saturated rings. The minimum atomic E-state index is -0.399. The van der Waals surface area contributed by atoms with Crippen molar-refractivity contribution in [2.75, 3.05) is 13.7 Å². The lowest BCUT2D eigenvalue weighted by Gasteiger charge is -2.06. The number of rotatable bonds is 3. The Morgan fingerprint density at radius 1 is 1.47 bits per heavy atom. The lowest BCUT2D eigenvalue weighted by Crippen LogP contribution is -2.11. The summed E-state index contributed by atoms with van der Waals surface area (Å²) in [5, 5.41) is 7.36. The fourth-order valence-electron chi connectivity index (χ4n) is 2.43. The Labute approximate surface area is 110 Å². The van der Waals surface area contributed by atoms with Crippen LogP contribution in [0.3, 0.4) is 0 Å². The maximum Gasteiger partial charge on any atom is 0.165 e. The number of benzene rings is 1. The van der Waals surface area contributed by atoms with Crippen LogP contribution in [0, 0.1) is 5.82 Å². The minimum Gasteiger partial charge on any atom is -0.493 e. The molecule has 1 aromatic carbocycles. The first kappa shape index (κ1) is 12.2. The highest BCUT2D eigenvalue weighted by molar-refractivity contribution is 5.67. The molecule has 4 nitrogen and oxygen atoms in total. The number of ether oxygens (including phenoxy) is 1. The van der Waals surface area contributed by atoms with Gasteiger partial charge in [-0.2, -0.15) is 0 Å². The van der Waals surface area contributed by atoms with E-state index in [0.29, 0.717) is 11.3 Å². The average Bonchev–Trinajstić information content (AvgIpc) is 3.09. The molecule has 1 aliphatic heterocycles. The Balaban J connectivity index is 1.96. The zero-order chi connectivity index (χ0) is 13.2. The molecule has 0 spiro atoms. The molecule has 0 unspecified atom stereocenters. The van der Waals surface area contributed by atoms with Crippen molar-refractivity contribution in [3.8, 4) is 17.0 Å². The molecule has 1 atom stereocenters. The van der Waals surface area contributed by atoms with Crippen LogP contribution in [0.2, 0.25) is 0 Å². The smallest absolute Gasteiger partial charge is 0.165 e. The van der Waals surface area contributed by atoms with Crippen molar-refractivity contribution in [1.82, 2.24) is 10.5 Å². The van der Waals surface area contributed by atoms with Gasteiger partial charge in [-0.25, -0.2) is 4.39 Å². The summed E-state index contributed by atoms with van der Waals surface area (Å²) in [4.78, 5) is 0. The molecule has 5 heteroatoms. The van der Waals surface area contributed by atoms with E-state index in [1.54, 1.807) is 12.1 Å². The number of aromatic nitrogens is 1. The fraction of sp³-hybridized carbons (Fsp3) is 0.357. The van der Waals surface area contributed by atoms with Crippen LogP contribution >= 0.6 is 0 Å². The van der Waals surface area contributed by atoms with E-state index in [4.69, 9.17) is 9.26 Å². The lowest BCUT2D eigenvalue weighted by atomic mass is 10.1. The first-order valence-electron chi connectivity index (χ1n) is 6.32. The molecule has 1 saturated heterocycles. The summed E-state index contributed by atoms with van der Waals surface area (Å²) < 4.78 is 24.1. The van der Waals surface area contributed by atoms with E-state index in [-0.39, 0.29) is 11.8 Å². The second-order valence-corrected chi connectivity index (χ2v) is 4.58. The fourth-order valence-corrected chi connectivity index (χ4v) is 2.43. The van der Waals surface area contributed by atoms with E-state index in [1.807, 2.05) is 6.07 Å². The van der Waals surface area contributed by atoms with E-state index >= 15 is 0 Å². The third-order valence-corrected chi connectivity index (χ3v) is 3.38. The van der Waals surface area contributed by atoms with Gasteiger partial charge in [0.2, 0.25) is 0 Å². The first-order valence-corrected chi connectivity index (χ1v) is 6.32. The van der Waals surface area contributed by atoms with Gasteiger partial charge in [-0.05, 0) is 31.5 Å². The summed E-state index contributed by atoms with van der Waals surface area (Å²) in [6.07, 6.45) is 2.17. The van der Waals surface area contributed by atoms with Gasteiger partial charge in [0, 0.05) is 11.6 Å². The molecule has 0 aliphatic carbocycles. The van der Waals surface area contributed by atoms with Crippen molar-refractivity contribution in [2.45, 2.75) is 18.9 Å². The zero-order valence-electron chi connectivity index (χ0n) is 10.6. The minimum absolute atomic E-state index is 0.196. The maximum atomic E-state index is 13.6. The summed E-state index contributed by atoms with van der Waals surface area (Å²) >= 11 is 0. The summed E-state index contributed by atoms with van der Waals surface area (Å²) in [6, 6.07) is 6.82. The Kier molecular flexibility index (Phi) is 3.21. The number of nitrogens with zero attached hydrogens (tertiary/aromatic N) is 1. The number of nitrogens with one attached hydrogen (secondary N) is 1. The molecule has 0 amide bonds. The number of methoxy groups -OCH3 is 1. The average molecular weight is 262 g/mol. The van der Waals surface area contributed by atoms with Crippen LogP contribution < -0.4 is 10.1 Å². The standard InChI is InChI=1S/C14H15FN2O2/c1-18-14-9(4-2-5-10(14)15)12-8-13(19-17-12)11-6-3-7-16-11/h2,4-5,8,11,16H,3,6-7H2,1H3/t11-/m0/s1. The van der Waals surface area contributed by atoms with Crippen LogP contribution in [0.25, 0.3) is 11.3 Å². The monoisotopic (exact) mass is 262 g/mol. The van der Waals surface area contributed by atoms with E-state index in [9.17, 15) is 4.39 Å². The SMILES string of the molecule is COc1c(F)cccc1-c1cc([C@@H]2CCCN2)on1. The van der Waals surface area contributed by atoms with Crippen LogP contribution in [-0.2, 0) is 0 Å². The van der Waals surface area contributed by atoms with Gasteiger partial charge in [0.1, 0.15) is 5.69 Å². The maximum absolute atomic E-state index is 13.6. The molecule has 2 aromatic rings. The molecular formula is C14H15FN2O2. The van der Waals surface area contributed by atoms with Crippen LogP contribution in [0.5, 0.6) is 5.75 Å². The highest BCUT2D eigenvalue weighted by Gasteiger charge is 2.22. The van der Waals surface area contributed by atoms with Gasteiger partial charge in [-0.1, -0.05) is 11.2 Å². The summed E-state index contributed by atoms with van der Waals surface area (Å²) in [6.45, 7) is 0.990. The van der Waals surface area contributed by atoms with E-state index in [1.165, 1.54) is 13.2 Å². The molecule has 1 aliphatic rings. The van der Waals surface area contributed by atoms with E-state index < -0.39 is 5.82 Å². The normalized spacial score (nSPS) is 18.7. The Morgan fingerprint density at radius 3 is 3.11 bits per heavy atom. The highest BCUT2D eigenvalue weighted by atomic mass is 19.1. The molecule has 2 heterocycles. The third kappa shape index (κ3) is 2.21. The number of hydrogen-bond acceptors (Lipinski definition) is 4. The number of halogens is 1. The van der Waals surface area contributed by atoms with Gasteiger partial charge in [0.25, 0.3) is 0 Å². The molecule has 100 valence electrons. The lowest BCUT2D eigenvalue weighted by molar-refractivity contribution is 0.352. The molecule has 3 rings (SSSR count). The second-order valence-electron chi connectivity index (χ2n) is 4.58. The summed E-state index contributed by atoms with van der Waals surface area (Å²) in [5.74, 6) is 0.587. The molecule has 1 aromatic heterocycles. The van der Waals surface area contributed by atoms with Crippen LogP contribution in [-0.4, -0.2) is 18.8 Å².